The molecular formula is C14H30N2. The maximum Gasteiger partial charge on any atom is 0.00419 e. The van der Waals surface area contributed by atoms with Crippen molar-refractivity contribution in [3.63, 3.8) is 0 Å². The van der Waals surface area contributed by atoms with Gasteiger partial charge in [-0.1, -0.05) is 34.1 Å². The summed E-state index contributed by atoms with van der Waals surface area (Å²) in [7, 11) is 2.27. The second-order valence-electron chi connectivity index (χ2n) is 6.69. The summed E-state index contributed by atoms with van der Waals surface area (Å²) in [5.74, 6) is 0.985. The Balaban J connectivity index is 2.21. The third kappa shape index (κ3) is 5.31. The van der Waals surface area contributed by atoms with E-state index >= 15 is 0 Å². The van der Waals surface area contributed by atoms with Crippen molar-refractivity contribution in [2.24, 2.45) is 11.3 Å². The zero-order valence-electron chi connectivity index (χ0n) is 11.8. The molecule has 2 nitrogen and oxygen atoms in total. The van der Waals surface area contributed by atoms with E-state index < -0.39 is 0 Å². The van der Waals surface area contributed by atoms with Crippen LogP contribution in [0, 0.1) is 11.3 Å². The van der Waals surface area contributed by atoms with Crippen molar-refractivity contribution >= 4 is 0 Å². The fraction of sp³-hybridized carbons (Fsp3) is 1.00. The van der Waals surface area contributed by atoms with Crippen LogP contribution < -0.4 is 5.32 Å². The highest BCUT2D eigenvalue weighted by Gasteiger charge is 2.24. The van der Waals surface area contributed by atoms with E-state index in [2.05, 4.69) is 45.0 Å². The third-order valence-electron chi connectivity index (χ3n) is 3.48. The largest absolute Gasteiger partial charge is 0.314 e. The predicted molar refractivity (Wildman–Crippen MR) is 71.8 cm³/mol. The first-order valence-electron chi connectivity index (χ1n) is 6.81. The van der Waals surface area contributed by atoms with Crippen molar-refractivity contribution in [3.8, 4) is 0 Å². The van der Waals surface area contributed by atoms with Crippen molar-refractivity contribution in [2.75, 3.05) is 26.7 Å². The normalized spacial score (nSPS) is 18.2. The van der Waals surface area contributed by atoms with Crippen LogP contribution in [0.1, 0.15) is 47.0 Å². The summed E-state index contributed by atoms with van der Waals surface area (Å²) >= 11 is 0. The van der Waals surface area contributed by atoms with Crippen LogP contribution in [0.25, 0.3) is 0 Å². The van der Waals surface area contributed by atoms with Crippen LogP contribution in [0.15, 0.2) is 0 Å². The zero-order chi connectivity index (χ0) is 12.2. The molecule has 1 aliphatic rings. The minimum absolute atomic E-state index is 0.378. The van der Waals surface area contributed by atoms with Crippen LogP contribution in [0.4, 0.5) is 0 Å². The molecule has 0 aromatic carbocycles. The predicted octanol–water partition coefficient (Wildman–Crippen LogP) is 2.74. The van der Waals surface area contributed by atoms with E-state index in [4.69, 9.17) is 0 Å². The van der Waals surface area contributed by atoms with Gasteiger partial charge in [-0.15, -0.1) is 0 Å². The van der Waals surface area contributed by atoms with E-state index in [0.717, 1.165) is 12.5 Å². The molecule has 0 aliphatic heterocycles. The summed E-state index contributed by atoms with van der Waals surface area (Å²) in [5, 5.41) is 3.55. The van der Waals surface area contributed by atoms with Gasteiger partial charge < -0.3 is 10.2 Å². The minimum Gasteiger partial charge on any atom is -0.314 e. The topological polar surface area (TPSA) is 15.3 Å². The second-order valence-corrected chi connectivity index (χ2v) is 6.69. The average Bonchev–Trinajstić information content (AvgIpc) is 2.08. The molecule has 96 valence electrons. The molecule has 2 heteroatoms. The van der Waals surface area contributed by atoms with Crippen molar-refractivity contribution in [2.45, 2.75) is 53.0 Å². The first kappa shape index (κ1) is 14.0. The molecular weight excluding hydrogens is 196 g/mol. The van der Waals surface area contributed by atoms with Gasteiger partial charge in [0, 0.05) is 25.7 Å². The van der Waals surface area contributed by atoms with E-state index in [-0.39, 0.29) is 0 Å². The summed E-state index contributed by atoms with van der Waals surface area (Å²) in [6.45, 7) is 12.8. The zero-order valence-corrected chi connectivity index (χ0v) is 11.8. The highest BCUT2D eigenvalue weighted by molar-refractivity contribution is 4.79. The number of nitrogens with zero attached hydrogens (tertiary/aromatic N) is 1. The molecule has 0 unspecified atom stereocenters. The van der Waals surface area contributed by atoms with Crippen LogP contribution >= 0.6 is 0 Å². The molecule has 0 heterocycles. The van der Waals surface area contributed by atoms with Crippen molar-refractivity contribution in [1.82, 2.24) is 10.2 Å². The van der Waals surface area contributed by atoms with Gasteiger partial charge in [-0.2, -0.15) is 0 Å². The molecule has 1 fully saturated rings. The summed E-state index contributed by atoms with van der Waals surface area (Å²) in [6.07, 6.45) is 4.36. The molecule has 1 aliphatic carbocycles. The van der Waals surface area contributed by atoms with Crippen molar-refractivity contribution < 1.29 is 0 Å². The molecule has 16 heavy (non-hydrogen) atoms. The Morgan fingerprint density at radius 3 is 2.38 bits per heavy atom. The molecule has 0 saturated heterocycles. The molecule has 0 spiro atoms. The SMILES string of the molecule is CC(C)NCC(C)(C)CN(C)CC1CCC1. The van der Waals surface area contributed by atoms with E-state index in [1.807, 2.05) is 0 Å². The Bertz CT molecular complexity index is 195. The van der Waals surface area contributed by atoms with E-state index in [1.165, 1.54) is 32.4 Å². The smallest absolute Gasteiger partial charge is 0.00419 e. The van der Waals surface area contributed by atoms with Crippen LogP contribution in [0.2, 0.25) is 0 Å². The maximum absolute atomic E-state index is 3.55. The Kier molecular flexibility index (Phi) is 5.26. The molecule has 0 bridgehead atoms. The Morgan fingerprint density at radius 1 is 1.31 bits per heavy atom. The molecule has 0 atom stereocenters. The summed E-state index contributed by atoms with van der Waals surface area (Å²) in [4.78, 5) is 2.52. The van der Waals surface area contributed by atoms with Crippen LogP contribution in [-0.2, 0) is 0 Å². The van der Waals surface area contributed by atoms with Gasteiger partial charge in [0.25, 0.3) is 0 Å². The lowest BCUT2D eigenvalue weighted by atomic mass is 9.84. The van der Waals surface area contributed by atoms with Gasteiger partial charge in [0.2, 0.25) is 0 Å². The van der Waals surface area contributed by atoms with E-state index in [9.17, 15) is 0 Å². The third-order valence-corrected chi connectivity index (χ3v) is 3.48. The van der Waals surface area contributed by atoms with Gasteiger partial charge in [0.05, 0.1) is 0 Å². The van der Waals surface area contributed by atoms with Gasteiger partial charge >= 0.3 is 0 Å². The number of rotatable bonds is 7. The van der Waals surface area contributed by atoms with Crippen molar-refractivity contribution in [1.29, 1.82) is 0 Å². The second kappa shape index (κ2) is 6.02. The first-order chi connectivity index (χ1) is 7.39. The van der Waals surface area contributed by atoms with E-state index in [0.29, 0.717) is 11.5 Å². The molecule has 0 aromatic heterocycles. The van der Waals surface area contributed by atoms with Gasteiger partial charge in [-0.05, 0) is 31.2 Å². The quantitative estimate of drug-likeness (QED) is 0.718. The van der Waals surface area contributed by atoms with E-state index in [1.54, 1.807) is 0 Å². The fourth-order valence-corrected chi connectivity index (χ4v) is 2.45. The highest BCUT2D eigenvalue weighted by atomic mass is 15.1. The molecule has 1 rings (SSSR count). The van der Waals surface area contributed by atoms with Crippen LogP contribution in [-0.4, -0.2) is 37.6 Å². The Hall–Kier alpha value is -0.0800. The van der Waals surface area contributed by atoms with Gasteiger partial charge in [-0.3, -0.25) is 0 Å². The fourth-order valence-electron chi connectivity index (χ4n) is 2.45. The van der Waals surface area contributed by atoms with Gasteiger partial charge in [-0.25, -0.2) is 0 Å². The minimum atomic E-state index is 0.378. The monoisotopic (exact) mass is 226 g/mol. The molecule has 0 aromatic rings. The number of hydrogen-bond donors (Lipinski definition) is 1. The summed E-state index contributed by atoms with van der Waals surface area (Å²) in [6, 6.07) is 0.594. The van der Waals surface area contributed by atoms with Crippen LogP contribution in [0.3, 0.4) is 0 Å². The lowest BCUT2D eigenvalue weighted by Crippen LogP contribution is -2.42. The summed E-state index contributed by atoms with van der Waals surface area (Å²) in [5.41, 5.74) is 0.378. The molecule has 1 N–H and O–H groups in total. The molecule has 1 saturated carbocycles. The lowest BCUT2D eigenvalue weighted by molar-refractivity contribution is 0.150. The summed E-state index contributed by atoms with van der Waals surface area (Å²) < 4.78 is 0. The Morgan fingerprint density at radius 2 is 1.94 bits per heavy atom. The molecule has 0 radical (unpaired) electrons. The van der Waals surface area contributed by atoms with Crippen LogP contribution in [0.5, 0.6) is 0 Å². The standard InChI is InChI=1S/C14H30N2/c1-12(2)15-10-14(3,4)11-16(5)9-13-7-6-8-13/h12-13,15H,6-11H2,1-5H3. The van der Waals surface area contributed by atoms with Gasteiger partial charge in [0.15, 0.2) is 0 Å². The van der Waals surface area contributed by atoms with Crippen molar-refractivity contribution in [3.05, 3.63) is 0 Å². The maximum atomic E-state index is 3.55. The number of nitrogens with one attached hydrogen (secondary N) is 1. The average molecular weight is 226 g/mol. The highest BCUT2D eigenvalue weighted by Crippen LogP contribution is 2.27. The number of hydrogen-bond acceptors (Lipinski definition) is 2. The Labute approximate surface area is 102 Å². The molecule has 0 amide bonds. The van der Waals surface area contributed by atoms with Gasteiger partial charge in [0.1, 0.15) is 0 Å². The lowest BCUT2D eigenvalue weighted by Gasteiger charge is -2.35. The first-order valence-corrected chi connectivity index (χ1v) is 6.81.